The van der Waals surface area contributed by atoms with Crippen molar-refractivity contribution in [1.82, 2.24) is 10.2 Å². The third-order valence-corrected chi connectivity index (χ3v) is 5.60. The molecule has 2 atom stereocenters. The topological polar surface area (TPSA) is 69.7 Å². The van der Waals surface area contributed by atoms with Crippen molar-refractivity contribution in [2.45, 2.75) is 52.5 Å². The molecule has 0 bridgehead atoms. The molecule has 1 heterocycles. The number of nitrogens with one attached hydrogen (secondary N) is 1. The van der Waals surface area contributed by atoms with E-state index in [0.717, 1.165) is 17.0 Å². The standard InChI is InChI=1S/C21H29N3O3/c1-5-23(16-9-7-6-8-10-16)17(25)13-24-18(26)21(22-19(24)27)12-15(2)11-20(3,4)14-21/h6-10,15H,5,11-14H2,1-4H3,(H,22,27). The first-order valence-corrected chi connectivity index (χ1v) is 9.67. The van der Waals surface area contributed by atoms with E-state index in [1.54, 1.807) is 4.90 Å². The lowest BCUT2D eigenvalue weighted by Gasteiger charge is -2.43. The summed E-state index contributed by atoms with van der Waals surface area (Å²) in [6.45, 7) is 8.50. The Kier molecular flexibility index (Phi) is 5.02. The van der Waals surface area contributed by atoms with Crippen molar-refractivity contribution >= 4 is 23.5 Å². The van der Waals surface area contributed by atoms with Gasteiger partial charge in [0.15, 0.2) is 0 Å². The Labute approximate surface area is 160 Å². The molecule has 146 valence electrons. The molecule has 3 rings (SSSR count). The Morgan fingerprint density at radius 2 is 1.89 bits per heavy atom. The number of urea groups is 1. The maximum absolute atomic E-state index is 13.2. The van der Waals surface area contributed by atoms with Crippen LogP contribution in [-0.2, 0) is 9.59 Å². The molecule has 1 aliphatic heterocycles. The van der Waals surface area contributed by atoms with Crippen LogP contribution in [0.25, 0.3) is 0 Å². The molecule has 1 N–H and O–H groups in total. The van der Waals surface area contributed by atoms with Gasteiger partial charge in [-0.15, -0.1) is 0 Å². The number of benzene rings is 1. The van der Waals surface area contributed by atoms with Crippen LogP contribution >= 0.6 is 0 Å². The summed E-state index contributed by atoms with van der Waals surface area (Å²) in [5.74, 6) is -0.179. The Morgan fingerprint density at radius 1 is 1.22 bits per heavy atom. The van der Waals surface area contributed by atoms with E-state index in [2.05, 4.69) is 26.1 Å². The van der Waals surface area contributed by atoms with E-state index in [0.29, 0.717) is 25.3 Å². The van der Waals surface area contributed by atoms with Gasteiger partial charge in [0.25, 0.3) is 5.91 Å². The Bertz CT molecular complexity index is 746. The van der Waals surface area contributed by atoms with E-state index in [9.17, 15) is 14.4 Å². The van der Waals surface area contributed by atoms with Crippen molar-refractivity contribution in [3.05, 3.63) is 30.3 Å². The number of hydrogen-bond acceptors (Lipinski definition) is 3. The zero-order valence-electron chi connectivity index (χ0n) is 16.6. The molecule has 6 heteroatoms. The van der Waals surface area contributed by atoms with E-state index in [1.165, 1.54) is 0 Å². The number of rotatable bonds is 4. The number of carbonyl (C=O) groups excluding carboxylic acids is 3. The van der Waals surface area contributed by atoms with Crippen LogP contribution in [0.4, 0.5) is 10.5 Å². The maximum atomic E-state index is 13.2. The summed E-state index contributed by atoms with van der Waals surface area (Å²) < 4.78 is 0. The number of anilines is 1. The second kappa shape index (κ2) is 6.98. The van der Waals surface area contributed by atoms with Crippen LogP contribution in [0.2, 0.25) is 0 Å². The predicted octanol–water partition coefficient (Wildman–Crippen LogP) is 3.18. The number of amides is 4. The number of para-hydroxylation sites is 1. The minimum Gasteiger partial charge on any atom is -0.323 e. The summed E-state index contributed by atoms with van der Waals surface area (Å²) in [5.41, 5.74) is -0.137. The maximum Gasteiger partial charge on any atom is 0.325 e. The van der Waals surface area contributed by atoms with E-state index in [4.69, 9.17) is 0 Å². The SMILES string of the molecule is CCN(C(=O)CN1C(=O)NC2(CC(C)CC(C)(C)C2)C1=O)c1ccccc1. The third-order valence-electron chi connectivity index (χ3n) is 5.60. The van der Waals surface area contributed by atoms with Crippen LogP contribution in [0, 0.1) is 11.3 Å². The normalized spacial score (nSPS) is 27.0. The van der Waals surface area contributed by atoms with Gasteiger partial charge in [0.2, 0.25) is 5.91 Å². The number of nitrogens with zero attached hydrogens (tertiary/aromatic N) is 2. The molecule has 1 aromatic rings. The summed E-state index contributed by atoms with van der Waals surface area (Å²) in [7, 11) is 0. The third kappa shape index (κ3) is 3.70. The number of hydrogen-bond donors (Lipinski definition) is 1. The van der Waals surface area contributed by atoms with Gasteiger partial charge in [-0.25, -0.2) is 4.79 Å². The summed E-state index contributed by atoms with van der Waals surface area (Å²) in [6.07, 6.45) is 2.26. The van der Waals surface area contributed by atoms with Crippen LogP contribution < -0.4 is 10.2 Å². The molecule has 1 aliphatic carbocycles. The molecule has 2 aliphatic rings. The fourth-order valence-corrected chi connectivity index (χ4v) is 4.98. The highest BCUT2D eigenvalue weighted by atomic mass is 16.2. The molecule has 1 aromatic carbocycles. The van der Waals surface area contributed by atoms with Crippen molar-refractivity contribution in [2.75, 3.05) is 18.0 Å². The molecule has 1 spiro atoms. The highest BCUT2D eigenvalue weighted by Crippen LogP contribution is 2.46. The van der Waals surface area contributed by atoms with E-state index < -0.39 is 11.6 Å². The molecule has 4 amide bonds. The zero-order chi connectivity index (χ0) is 19.8. The smallest absolute Gasteiger partial charge is 0.323 e. The summed E-state index contributed by atoms with van der Waals surface area (Å²) in [6, 6.07) is 8.84. The van der Waals surface area contributed by atoms with Crippen molar-refractivity contribution < 1.29 is 14.4 Å². The highest BCUT2D eigenvalue weighted by Gasteiger charge is 2.56. The second-order valence-electron chi connectivity index (χ2n) is 8.73. The van der Waals surface area contributed by atoms with Gasteiger partial charge < -0.3 is 10.2 Å². The monoisotopic (exact) mass is 371 g/mol. The van der Waals surface area contributed by atoms with E-state index >= 15 is 0 Å². The van der Waals surface area contributed by atoms with Crippen LogP contribution in [0.5, 0.6) is 0 Å². The number of imide groups is 1. The van der Waals surface area contributed by atoms with Crippen LogP contribution in [0.1, 0.15) is 47.0 Å². The lowest BCUT2D eigenvalue weighted by Crippen LogP contribution is -2.54. The largest absolute Gasteiger partial charge is 0.325 e. The number of likely N-dealkylation sites (N-methyl/N-ethyl adjacent to an activating group) is 1. The van der Waals surface area contributed by atoms with Gasteiger partial charge in [-0.1, -0.05) is 39.0 Å². The van der Waals surface area contributed by atoms with Gasteiger partial charge in [-0.3, -0.25) is 14.5 Å². The van der Waals surface area contributed by atoms with Crippen molar-refractivity contribution in [2.24, 2.45) is 11.3 Å². The lowest BCUT2D eigenvalue weighted by molar-refractivity contribution is -0.137. The predicted molar refractivity (Wildman–Crippen MR) is 104 cm³/mol. The zero-order valence-corrected chi connectivity index (χ0v) is 16.6. The molecular formula is C21H29N3O3. The molecule has 0 aromatic heterocycles. The van der Waals surface area contributed by atoms with E-state index in [-0.39, 0.29) is 23.8 Å². The van der Waals surface area contributed by atoms with Gasteiger partial charge in [-0.2, -0.15) is 0 Å². The molecule has 1 saturated heterocycles. The molecule has 27 heavy (non-hydrogen) atoms. The van der Waals surface area contributed by atoms with E-state index in [1.807, 2.05) is 37.3 Å². The van der Waals surface area contributed by atoms with Crippen LogP contribution in [0.3, 0.4) is 0 Å². The van der Waals surface area contributed by atoms with Gasteiger partial charge in [0, 0.05) is 12.2 Å². The van der Waals surface area contributed by atoms with Gasteiger partial charge in [0.1, 0.15) is 12.1 Å². The Hall–Kier alpha value is -2.37. The van der Waals surface area contributed by atoms with Crippen molar-refractivity contribution in [3.8, 4) is 0 Å². The molecule has 0 radical (unpaired) electrons. The lowest BCUT2D eigenvalue weighted by atomic mass is 9.64. The fourth-order valence-electron chi connectivity index (χ4n) is 4.98. The van der Waals surface area contributed by atoms with Crippen LogP contribution in [0.15, 0.2) is 30.3 Å². The highest BCUT2D eigenvalue weighted by molar-refractivity contribution is 6.10. The van der Waals surface area contributed by atoms with Gasteiger partial charge >= 0.3 is 6.03 Å². The first-order valence-electron chi connectivity index (χ1n) is 9.67. The second-order valence-corrected chi connectivity index (χ2v) is 8.73. The molecule has 2 unspecified atom stereocenters. The summed E-state index contributed by atoms with van der Waals surface area (Å²) >= 11 is 0. The molecule has 2 fully saturated rings. The van der Waals surface area contributed by atoms with Crippen molar-refractivity contribution in [3.63, 3.8) is 0 Å². The fraction of sp³-hybridized carbons (Fsp3) is 0.571. The number of carbonyl (C=O) groups is 3. The van der Waals surface area contributed by atoms with Crippen molar-refractivity contribution in [1.29, 1.82) is 0 Å². The minimum absolute atomic E-state index is 0.0277. The van der Waals surface area contributed by atoms with Gasteiger partial charge in [-0.05, 0) is 49.7 Å². The summed E-state index contributed by atoms with van der Waals surface area (Å²) in [4.78, 5) is 41.3. The first kappa shape index (κ1) is 19.4. The molecule has 6 nitrogen and oxygen atoms in total. The Balaban J connectivity index is 1.79. The van der Waals surface area contributed by atoms with Crippen LogP contribution in [-0.4, -0.2) is 41.4 Å². The minimum atomic E-state index is -0.873. The quantitative estimate of drug-likeness (QED) is 0.827. The van der Waals surface area contributed by atoms with Gasteiger partial charge in [0.05, 0.1) is 0 Å². The average molecular weight is 371 g/mol. The molecular weight excluding hydrogens is 342 g/mol. The Morgan fingerprint density at radius 3 is 2.48 bits per heavy atom. The molecule has 1 saturated carbocycles. The average Bonchev–Trinajstić information content (AvgIpc) is 2.78. The first-order chi connectivity index (χ1) is 12.7. The summed E-state index contributed by atoms with van der Waals surface area (Å²) in [5, 5.41) is 2.92.